The van der Waals surface area contributed by atoms with Crippen LogP contribution in [0, 0.1) is 5.92 Å². The summed E-state index contributed by atoms with van der Waals surface area (Å²) < 4.78 is 12.0. The SMILES string of the molecule is COc1cc(O[Si](C)(C)C(C)(C)C)ccc1[C@H](CO)NC(=O)[C@H]1C[C@@H]1c1cccs1. The number of hydrogen-bond acceptors (Lipinski definition) is 5. The van der Waals surface area contributed by atoms with Crippen LogP contribution in [0.2, 0.25) is 18.1 Å². The van der Waals surface area contributed by atoms with Gasteiger partial charge in [-0.05, 0) is 48.1 Å². The zero-order valence-corrected chi connectivity index (χ0v) is 20.5. The zero-order chi connectivity index (χ0) is 22.1. The van der Waals surface area contributed by atoms with Gasteiger partial charge in [0.1, 0.15) is 11.5 Å². The molecule has 0 aliphatic heterocycles. The summed E-state index contributed by atoms with van der Waals surface area (Å²) >= 11 is 1.69. The van der Waals surface area contributed by atoms with Gasteiger partial charge in [0.15, 0.2) is 0 Å². The second-order valence-electron chi connectivity index (χ2n) is 9.47. The summed E-state index contributed by atoms with van der Waals surface area (Å²) in [5.41, 5.74) is 0.754. The fourth-order valence-electron chi connectivity index (χ4n) is 3.29. The molecular formula is C23H33NO4SSi. The van der Waals surface area contributed by atoms with Crippen molar-refractivity contribution in [2.24, 2.45) is 5.92 Å². The van der Waals surface area contributed by atoms with E-state index in [9.17, 15) is 9.90 Å². The van der Waals surface area contributed by atoms with Crippen molar-refractivity contribution in [1.29, 1.82) is 0 Å². The first-order chi connectivity index (χ1) is 14.1. The molecule has 0 saturated heterocycles. The van der Waals surface area contributed by atoms with Gasteiger partial charge in [-0.15, -0.1) is 11.3 Å². The largest absolute Gasteiger partial charge is 0.543 e. The minimum atomic E-state index is -1.97. The van der Waals surface area contributed by atoms with E-state index in [0.717, 1.165) is 17.7 Å². The number of nitrogens with one attached hydrogen (secondary N) is 1. The van der Waals surface area contributed by atoms with Crippen molar-refractivity contribution >= 4 is 25.6 Å². The Morgan fingerprint density at radius 2 is 2.07 bits per heavy atom. The maximum absolute atomic E-state index is 12.7. The van der Waals surface area contributed by atoms with Crippen LogP contribution in [0.1, 0.15) is 49.6 Å². The Morgan fingerprint density at radius 3 is 2.63 bits per heavy atom. The highest BCUT2D eigenvalue weighted by Gasteiger charge is 2.45. The Balaban J connectivity index is 1.72. The predicted molar refractivity (Wildman–Crippen MR) is 124 cm³/mol. The number of aliphatic hydroxyl groups excluding tert-OH is 1. The molecule has 1 aliphatic carbocycles. The van der Waals surface area contributed by atoms with Crippen molar-refractivity contribution in [2.45, 2.75) is 57.3 Å². The summed E-state index contributed by atoms with van der Waals surface area (Å²) in [5, 5.41) is 15.1. The van der Waals surface area contributed by atoms with E-state index in [-0.39, 0.29) is 23.5 Å². The fourth-order valence-corrected chi connectivity index (χ4v) is 5.22. The molecule has 3 rings (SSSR count). The molecule has 30 heavy (non-hydrogen) atoms. The molecule has 1 aliphatic rings. The first-order valence-corrected chi connectivity index (χ1v) is 14.2. The lowest BCUT2D eigenvalue weighted by atomic mass is 10.1. The van der Waals surface area contributed by atoms with Crippen LogP contribution in [0.3, 0.4) is 0 Å². The van der Waals surface area contributed by atoms with Crippen molar-refractivity contribution in [2.75, 3.05) is 13.7 Å². The summed E-state index contributed by atoms with van der Waals surface area (Å²) in [5.74, 6) is 1.62. The summed E-state index contributed by atoms with van der Waals surface area (Å²) in [7, 11) is -0.379. The van der Waals surface area contributed by atoms with Gasteiger partial charge in [-0.3, -0.25) is 4.79 Å². The number of rotatable bonds is 8. The van der Waals surface area contributed by atoms with Crippen molar-refractivity contribution in [3.05, 3.63) is 46.2 Å². The second-order valence-corrected chi connectivity index (χ2v) is 15.2. The molecule has 7 heteroatoms. The Bertz CT molecular complexity index is 876. The molecule has 0 bridgehead atoms. The van der Waals surface area contributed by atoms with E-state index in [0.29, 0.717) is 11.7 Å². The van der Waals surface area contributed by atoms with Crippen LogP contribution in [0.4, 0.5) is 0 Å². The van der Waals surface area contributed by atoms with Gasteiger partial charge in [-0.25, -0.2) is 0 Å². The maximum atomic E-state index is 12.7. The molecule has 2 aromatic rings. The van der Waals surface area contributed by atoms with E-state index in [1.807, 2.05) is 29.6 Å². The van der Waals surface area contributed by atoms with E-state index in [2.05, 4.69) is 45.2 Å². The standard InChI is InChI=1S/C23H33NO4SSi/c1-23(2,3)30(5,6)28-15-9-10-16(20(12-15)27-4)19(14-25)24-22(26)18-13-17(18)21-8-7-11-29-21/h7-12,17-19,25H,13-14H2,1-6H3,(H,24,26)/t17-,18-,19-/m0/s1. The van der Waals surface area contributed by atoms with Crippen molar-refractivity contribution in [3.63, 3.8) is 0 Å². The Labute approximate surface area is 184 Å². The number of benzene rings is 1. The number of thiophene rings is 1. The molecule has 1 aromatic heterocycles. The normalized spacial score (nSPS) is 19.8. The lowest BCUT2D eigenvalue weighted by molar-refractivity contribution is -0.123. The molecule has 1 heterocycles. The van der Waals surface area contributed by atoms with Gasteiger partial charge in [-0.2, -0.15) is 0 Å². The second kappa shape index (κ2) is 8.73. The topological polar surface area (TPSA) is 67.8 Å². The predicted octanol–water partition coefficient (Wildman–Crippen LogP) is 5.09. The molecule has 3 atom stereocenters. The Hall–Kier alpha value is -1.83. The smallest absolute Gasteiger partial charge is 0.250 e. The van der Waals surface area contributed by atoms with Gasteiger partial charge in [0.2, 0.25) is 14.2 Å². The van der Waals surface area contributed by atoms with Crippen LogP contribution in [-0.2, 0) is 4.79 Å². The van der Waals surface area contributed by atoms with Gasteiger partial charge < -0.3 is 19.6 Å². The first-order valence-electron chi connectivity index (χ1n) is 10.4. The molecular weight excluding hydrogens is 414 g/mol. The number of carbonyl (C=O) groups is 1. The highest BCUT2D eigenvalue weighted by molar-refractivity contribution is 7.10. The molecule has 1 amide bonds. The van der Waals surface area contributed by atoms with E-state index in [4.69, 9.17) is 9.16 Å². The summed E-state index contributed by atoms with van der Waals surface area (Å²) in [6.07, 6.45) is 0.862. The van der Waals surface area contributed by atoms with E-state index >= 15 is 0 Å². The van der Waals surface area contributed by atoms with Gasteiger partial charge in [0.05, 0.1) is 19.8 Å². The third kappa shape index (κ3) is 4.90. The number of carbonyl (C=O) groups excluding carboxylic acids is 1. The van der Waals surface area contributed by atoms with Crippen LogP contribution < -0.4 is 14.5 Å². The maximum Gasteiger partial charge on any atom is 0.250 e. The molecule has 5 nitrogen and oxygen atoms in total. The summed E-state index contributed by atoms with van der Waals surface area (Å²) in [6, 6.07) is 9.22. The van der Waals surface area contributed by atoms with Crippen molar-refractivity contribution < 1.29 is 19.1 Å². The molecule has 1 aromatic carbocycles. The van der Waals surface area contributed by atoms with Crippen LogP contribution in [0.15, 0.2) is 35.7 Å². The third-order valence-electron chi connectivity index (χ3n) is 6.29. The summed E-state index contributed by atoms with van der Waals surface area (Å²) in [4.78, 5) is 14.0. The van der Waals surface area contributed by atoms with Crippen LogP contribution >= 0.6 is 11.3 Å². The molecule has 1 fully saturated rings. The molecule has 0 radical (unpaired) electrons. The highest BCUT2D eigenvalue weighted by atomic mass is 32.1. The van der Waals surface area contributed by atoms with Crippen molar-refractivity contribution in [3.8, 4) is 11.5 Å². The minimum absolute atomic E-state index is 0.0175. The van der Waals surface area contributed by atoms with E-state index in [1.54, 1.807) is 18.4 Å². The monoisotopic (exact) mass is 447 g/mol. The first kappa shape index (κ1) is 22.8. The molecule has 1 saturated carbocycles. The number of amides is 1. The lowest BCUT2D eigenvalue weighted by Gasteiger charge is -2.36. The number of hydrogen-bond donors (Lipinski definition) is 2. The summed E-state index contributed by atoms with van der Waals surface area (Å²) in [6.45, 7) is 10.8. The van der Waals surface area contributed by atoms with E-state index in [1.165, 1.54) is 4.88 Å². The molecule has 0 unspecified atom stereocenters. The number of ether oxygens (including phenoxy) is 1. The zero-order valence-electron chi connectivity index (χ0n) is 18.7. The quantitative estimate of drug-likeness (QED) is 0.553. The van der Waals surface area contributed by atoms with E-state index < -0.39 is 14.4 Å². The van der Waals surface area contributed by atoms with Gasteiger partial charge in [0.25, 0.3) is 0 Å². The molecule has 164 valence electrons. The van der Waals surface area contributed by atoms with Crippen molar-refractivity contribution in [1.82, 2.24) is 5.32 Å². The average Bonchev–Trinajstić information content (AvgIpc) is 3.30. The Kier molecular flexibility index (Phi) is 6.65. The Morgan fingerprint density at radius 1 is 1.33 bits per heavy atom. The fraction of sp³-hybridized carbons (Fsp3) is 0.522. The van der Waals surface area contributed by atoms with Gasteiger partial charge >= 0.3 is 0 Å². The van der Waals surface area contributed by atoms with Crippen LogP contribution in [0.5, 0.6) is 11.5 Å². The minimum Gasteiger partial charge on any atom is -0.543 e. The van der Waals surface area contributed by atoms with Gasteiger partial charge in [-0.1, -0.05) is 26.8 Å². The molecule has 2 N–H and O–H groups in total. The van der Waals surface area contributed by atoms with Crippen LogP contribution in [0.25, 0.3) is 0 Å². The van der Waals surface area contributed by atoms with Crippen LogP contribution in [-0.4, -0.2) is 33.0 Å². The molecule has 0 spiro atoms. The average molecular weight is 448 g/mol. The van der Waals surface area contributed by atoms with Gasteiger partial charge in [0, 0.05) is 28.3 Å². The highest BCUT2D eigenvalue weighted by Crippen LogP contribution is 2.49. The lowest BCUT2D eigenvalue weighted by Crippen LogP contribution is -2.43. The third-order valence-corrected chi connectivity index (χ3v) is 11.7. The number of aliphatic hydroxyl groups is 1. The number of methoxy groups -OCH3 is 1.